The molecule has 0 bridgehead atoms. The van der Waals surface area contributed by atoms with Crippen LogP contribution < -0.4 is 15.8 Å². The van der Waals surface area contributed by atoms with Gasteiger partial charge in [-0.25, -0.2) is 0 Å². The van der Waals surface area contributed by atoms with Gasteiger partial charge >= 0.3 is 0 Å². The lowest BCUT2D eigenvalue weighted by Crippen LogP contribution is -2.16. The topological polar surface area (TPSA) is 102 Å². The molecule has 0 saturated heterocycles. The van der Waals surface area contributed by atoms with Crippen LogP contribution in [0.1, 0.15) is 31.2 Å². The second-order valence-electron chi connectivity index (χ2n) is 5.82. The molecule has 0 atom stereocenters. The molecule has 138 valence electrons. The fourth-order valence-corrected chi connectivity index (χ4v) is 3.70. The molecule has 0 aliphatic rings. The van der Waals surface area contributed by atoms with Gasteiger partial charge in [0.15, 0.2) is 11.5 Å². The van der Waals surface area contributed by atoms with Crippen LogP contribution in [0.5, 0.6) is 11.5 Å². The Morgan fingerprint density at radius 1 is 1.15 bits per heavy atom. The van der Waals surface area contributed by atoms with Crippen LogP contribution in [0.4, 0.5) is 5.00 Å². The number of nitrogens with two attached hydrogens (primary N) is 1. The Balaban J connectivity index is 1.84. The Kier molecular flexibility index (Phi) is 5.42. The van der Waals surface area contributed by atoms with Gasteiger partial charge in [0, 0.05) is 16.9 Å². The number of benzene rings is 2. The van der Waals surface area contributed by atoms with E-state index in [0.29, 0.717) is 11.4 Å². The smallest absolute Gasteiger partial charge is 0.256 e. The number of rotatable bonds is 6. The van der Waals surface area contributed by atoms with E-state index in [0.717, 1.165) is 10.4 Å². The second-order valence-corrected chi connectivity index (χ2v) is 6.96. The Bertz CT molecular complexity index is 983. The minimum absolute atomic E-state index is 0.142. The van der Waals surface area contributed by atoms with Crippen LogP contribution >= 0.6 is 11.3 Å². The third-order valence-electron chi connectivity index (χ3n) is 3.94. The Morgan fingerprint density at radius 3 is 2.52 bits per heavy atom. The van der Waals surface area contributed by atoms with Crippen LogP contribution in [-0.2, 0) is 6.42 Å². The minimum Gasteiger partial charge on any atom is -0.504 e. The van der Waals surface area contributed by atoms with E-state index in [-0.39, 0.29) is 22.6 Å². The summed E-state index contributed by atoms with van der Waals surface area (Å²) in [5.74, 6) is -0.941. The number of carbonyl (C=O) groups is 2. The summed E-state index contributed by atoms with van der Waals surface area (Å²) in [6.45, 7) is 0. The van der Waals surface area contributed by atoms with Crippen LogP contribution in [0.15, 0.2) is 54.6 Å². The molecule has 2 amide bonds. The molecule has 2 aromatic carbocycles. The Hall–Kier alpha value is -3.32. The van der Waals surface area contributed by atoms with E-state index >= 15 is 0 Å². The molecule has 3 aromatic rings. The zero-order chi connectivity index (χ0) is 19.4. The van der Waals surface area contributed by atoms with Crippen molar-refractivity contribution in [1.29, 1.82) is 0 Å². The number of hydrogen-bond acceptors (Lipinski definition) is 5. The quantitative estimate of drug-likeness (QED) is 0.608. The molecule has 7 heteroatoms. The molecule has 1 heterocycles. The third-order valence-corrected chi connectivity index (χ3v) is 4.99. The normalized spacial score (nSPS) is 10.4. The first-order chi connectivity index (χ1) is 13.0. The molecule has 27 heavy (non-hydrogen) atoms. The largest absolute Gasteiger partial charge is 0.504 e. The summed E-state index contributed by atoms with van der Waals surface area (Å²) in [5, 5.41) is 12.9. The lowest BCUT2D eigenvalue weighted by Gasteiger charge is -2.07. The summed E-state index contributed by atoms with van der Waals surface area (Å²) < 4.78 is 4.97. The highest BCUT2D eigenvalue weighted by atomic mass is 32.1. The number of phenols is 1. The van der Waals surface area contributed by atoms with Crippen LogP contribution in [0.2, 0.25) is 0 Å². The van der Waals surface area contributed by atoms with Crippen molar-refractivity contribution in [3.05, 3.63) is 76.2 Å². The monoisotopic (exact) mass is 382 g/mol. The summed E-state index contributed by atoms with van der Waals surface area (Å²) in [6, 6.07) is 15.8. The van der Waals surface area contributed by atoms with Gasteiger partial charge in [-0.2, -0.15) is 0 Å². The average Bonchev–Trinajstić information content (AvgIpc) is 3.05. The number of aromatic hydroxyl groups is 1. The van der Waals surface area contributed by atoms with Crippen molar-refractivity contribution in [3.8, 4) is 11.5 Å². The highest BCUT2D eigenvalue weighted by Crippen LogP contribution is 2.31. The van der Waals surface area contributed by atoms with Crippen LogP contribution in [0.25, 0.3) is 0 Å². The van der Waals surface area contributed by atoms with Gasteiger partial charge in [0.1, 0.15) is 5.00 Å². The number of nitrogens with one attached hydrogen (secondary N) is 1. The van der Waals surface area contributed by atoms with Gasteiger partial charge < -0.3 is 20.9 Å². The van der Waals surface area contributed by atoms with Crippen LogP contribution in [0.3, 0.4) is 0 Å². The minimum atomic E-state index is -0.613. The van der Waals surface area contributed by atoms with E-state index in [9.17, 15) is 14.7 Å². The van der Waals surface area contributed by atoms with Crippen molar-refractivity contribution >= 4 is 28.2 Å². The SMILES string of the molecule is COc1ccc(C(=O)Nc2sc(Cc3ccccc3)cc2C(N)=O)cc1O. The standard InChI is InChI=1S/C20H18N2O4S/c1-26-17-8-7-13(10-16(17)23)19(25)22-20-15(18(21)24)11-14(27-20)9-12-5-3-2-4-6-12/h2-8,10-11,23H,9H2,1H3,(H2,21,24)(H,22,25). The number of amides is 2. The summed E-state index contributed by atoms with van der Waals surface area (Å²) in [6.07, 6.45) is 0.630. The number of ether oxygens (including phenoxy) is 1. The molecule has 0 aliphatic heterocycles. The number of thiophene rings is 1. The lowest BCUT2D eigenvalue weighted by atomic mass is 10.1. The van der Waals surface area contributed by atoms with E-state index in [2.05, 4.69) is 5.32 Å². The molecule has 0 spiro atoms. The highest BCUT2D eigenvalue weighted by Gasteiger charge is 2.18. The predicted molar refractivity (Wildman–Crippen MR) is 105 cm³/mol. The molecule has 0 unspecified atom stereocenters. The van der Waals surface area contributed by atoms with Gasteiger partial charge in [0.25, 0.3) is 11.8 Å². The summed E-state index contributed by atoms with van der Waals surface area (Å²) >= 11 is 1.30. The maximum absolute atomic E-state index is 12.5. The molecular formula is C20H18N2O4S. The molecule has 1 aromatic heterocycles. The number of carbonyl (C=O) groups excluding carboxylic acids is 2. The number of hydrogen-bond donors (Lipinski definition) is 3. The maximum Gasteiger partial charge on any atom is 0.256 e. The fraction of sp³-hybridized carbons (Fsp3) is 0.100. The first-order valence-corrected chi connectivity index (χ1v) is 8.94. The maximum atomic E-state index is 12.5. The predicted octanol–water partition coefficient (Wildman–Crippen LogP) is 3.40. The van der Waals surface area contributed by atoms with Gasteiger partial charge in [-0.3, -0.25) is 9.59 Å². The molecule has 0 radical (unpaired) electrons. The molecule has 6 nitrogen and oxygen atoms in total. The molecule has 0 fully saturated rings. The third kappa shape index (κ3) is 4.27. The molecule has 0 saturated carbocycles. The van der Waals surface area contributed by atoms with E-state index in [4.69, 9.17) is 10.5 Å². The number of methoxy groups -OCH3 is 1. The molecule has 4 N–H and O–H groups in total. The number of anilines is 1. The first-order valence-electron chi connectivity index (χ1n) is 8.12. The number of primary amides is 1. The average molecular weight is 382 g/mol. The van der Waals surface area contributed by atoms with Gasteiger partial charge in [0.2, 0.25) is 0 Å². The van der Waals surface area contributed by atoms with Crippen LogP contribution in [0, 0.1) is 0 Å². The van der Waals surface area contributed by atoms with Crippen molar-refractivity contribution in [1.82, 2.24) is 0 Å². The zero-order valence-corrected chi connectivity index (χ0v) is 15.4. The van der Waals surface area contributed by atoms with E-state index in [1.54, 1.807) is 6.07 Å². The van der Waals surface area contributed by atoms with E-state index < -0.39 is 11.8 Å². The highest BCUT2D eigenvalue weighted by molar-refractivity contribution is 7.16. The molecule has 3 rings (SSSR count). The van der Waals surface area contributed by atoms with Crippen molar-refractivity contribution < 1.29 is 19.4 Å². The van der Waals surface area contributed by atoms with Crippen molar-refractivity contribution in [3.63, 3.8) is 0 Å². The fourth-order valence-electron chi connectivity index (χ4n) is 2.61. The number of phenolic OH excluding ortho intramolecular Hbond substituents is 1. The van der Waals surface area contributed by atoms with Gasteiger partial charge in [0.05, 0.1) is 12.7 Å². The Labute approximate surface area is 160 Å². The van der Waals surface area contributed by atoms with Gasteiger partial charge in [-0.1, -0.05) is 30.3 Å². The zero-order valence-electron chi connectivity index (χ0n) is 14.6. The second kappa shape index (κ2) is 7.92. The van der Waals surface area contributed by atoms with E-state index in [1.165, 1.54) is 36.6 Å². The summed E-state index contributed by atoms with van der Waals surface area (Å²) in [4.78, 5) is 25.2. The van der Waals surface area contributed by atoms with Crippen molar-refractivity contribution in [2.45, 2.75) is 6.42 Å². The summed E-state index contributed by atoms with van der Waals surface area (Å²) in [7, 11) is 1.42. The van der Waals surface area contributed by atoms with Crippen LogP contribution in [-0.4, -0.2) is 24.0 Å². The lowest BCUT2D eigenvalue weighted by molar-refractivity contribution is 0.100. The molecular weight excluding hydrogens is 364 g/mol. The summed E-state index contributed by atoms with van der Waals surface area (Å²) in [5.41, 5.74) is 7.05. The van der Waals surface area contributed by atoms with E-state index in [1.807, 2.05) is 30.3 Å². The first kappa shape index (κ1) is 18.5. The molecule has 0 aliphatic carbocycles. The van der Waals surface area contributed by atoms with Crippen molar-refractivity contribution in [2.24, 2.45) is 5.73 Å². The Morgan fingerprint density at radius 2 is 1.89 bits per heavy atom. The van der Waals surface area contributed by atoms with Gasteiger partial charge in [-0.15, -0.1) is 11.3 Å². The van der Waals surface area contributed by atoms with Crippen molar-refractivity contribution in [2.75, 3.05) is 12.4 Å². The van der Waals surface area contributed by atoms with Gasteiger partial charge in [-0.05, 0) is 29.8 Å².